The number of aromatic nitrogens is 1. The largest absolute Gasteiger partial charge is 0.457 e. The number of rotatable bonds is 25. The van der Waals surface area contributed by atoms with Gasteiger partial charge in [0.1, 0.15) is 16.9 Å². The molecule has 0 fully saturated rings. The molecule has 0 aliphatic rings. The van der Waals surface area contributed by atoms with Gasteiger partial charge in [0.15, 0.2) is 25.0 Å². The highest BCUT2D eigenvalue weighted by atomic mass is 32.1. The summed E-state index contributed by atoms with van der Waals surface area (Å²) in [5, 5.41) is 3.04. The summed E-state index contributed by atoms with van der Waals surface area (Å²) in [6.07, 6.45) is 7.57. The third-order valence-corrected chi connectivity index (χ3v) is 27.8. The smallest absolute Gasteiger partial charge is 0.309 e. The molecule has 5 atom stereocenters. The number of esters is 1. The van der Waals surface area contributed by atoms with E-state index in [9.17, 15) is 9.59 Å². The van der Waals surface area contributed by atoms with E-state index in [4.69, 9.17) is 23.0 Å². The second-order valence-corrected chi connectivity index (χ2v) is 35.5. The molecule has 1 heterocycles. The van der Waals surface area contributed by atoms with Crippen molar-refractivity contribution in [3.05, 3.63) is 58.6 Å². The van der Waals surface area contributed by atoms with Gasteiger partial charge in [0, 0.05) is 23.1 Å². The highest BCUT2D eigenvalue weighted by Gasteiger charge is 2.49. The number of Topliss-reactive ketones (excluding diaryl/α,β-unsaturated/α-hetero) is 1. The molecule has 1 aromatic heterocycles. The summed E-state index contributed by atoms with van der Waals surface area (Å²) in [6.45, 7) is 49.3. The number of carbonyl (C=O) groups is 2. The molecule has 0 spiro atoms. The number of hydrogen-bond acceptors (Lipinski definition) is 8. The Morgan fingerprint density at radius 3 is 1.91 bits per heavy atom. The van der Waals surface area contributed by atoms with Crippen molar-refractivity contribution in [3.8, 4) is 0 Å². The van der Waals surface area contributed by atoms with Crippen LogP contribution in [0.1, 0.15) is 134 Å². The third kappa shape index (κ3) is 15.3. The monoisotopic (exact) mass is 876 g/mol. The fourth-order valence-corrected chi connectivity index (χ4v) is 12.6. The Labute approximate surface area is 363 Å². The molecule has 1 unspecified atom stereocenters. The Kier molecular flexibility index (Phi) is 20.9. The van der Waals surface area contributed by atoms with E-state index in [2.05, 4.69) is 122 Å². The zero-order valence-corrected chi connectivity index (χ0v) is 44.3. The molecule has 7 nitrogen and oxygen atoms in total. The zero-order valence-electron chi connectivity index (χ0n) is 40.4. The second-order valence-electron chi connectivity index (χ2n) is 20.2. The molecule has 0 aliphatic heterocycles. The number of thiazole rings is 1. The van der Waals surface area contributed by atoms with E-state index in [-0.39, 0.29) is 40.3 Å². The van der Waals surface area contributed by atoms with Crippen LogP contribution in [0.15, 0.2) is 47.9 Å². The Bertz CT molecular complexity index is 1550. The van der Waals surface area contributed by atoms with Gasteiger partial charge in [-0.15, -0.1) is 24.5 Å². The molecule has 1 rings (SSSR count). The van der Waals surface area contributed by atoms with Crippen molar-refractivity contribution in [3.63, 3.8) is 0 Å². The van der Waals surface area contributed by atoms with E-state index in [1.165, 1.54) is 0 Å². The fourth-order valence-electron chi connectivity index (χ4n) is 6.50. The van der Waals surface area contributed by atoms with Crippen LogP contribution in [0, 0.1) is 17.3 Å². The van der Waals surface area contributed by atoms with Gasteiger partial charge in [-0.1, -0.05) is 114 Å². The molecular formula is C47H85NO6SSi3. The minimum Gasteiger partial charge on any atom is -0.457 e. The number of ether oxygens (including phenoxy) is 1. The van der Waals surface area contributed by atoms with Gasteiger partial charge in [-0.3, -0.25) is 9.59 Å². The molecule has 11 heteroatoms. The van der Waals surface area contributed by atoms with Gasteiger partial charge in [-0.25, -0.2) is 4.98 Å². The summed E-state index contributed by atoms with van der Waals surface area (Å²) in [4.78, 5) is 34.1. The number of nitrogens with zero attached hydrogens (tertiary/aromatic N) is 1. The average Bonchev–Trinajstić information content (AvgIpc) is 3.58. The van der Waals surface area contributed by atoms with E-state index in [1.807, 2.05) is 51.3 Å². The maximum atomic E-state index is 14.9. The molecule has 0 saturated heterocycles. The van der Waals surface area contributed by atoms with Gasteiger partial charge in [-0.05, 0) is 92.2 Å². The Morgan fingerprint density at radius 2 is 1.43 bits per heavy atom. The SMILES string of the molecule is C=CC/C(C)=C\CC(OC(=O)C[C@H](O[Si](CC)(CC)CC)C(C)(C)C(=O)[C@H](C)[C@@H](O[Si](C)(C)C(C)(C)C)[C@@H](C)C=C)/C(C)=C/c1csc(CO[Si](C)(C)C(C)(C)C)n1. The van der Waals surface area contributed by atoms with E-state index >= 15 is 0 Å². The van der Waals surface area contributed by atoms with E-state index in [0.717, 1.165) is 46.4 Å². The van der Waals surface area contributed by atoms with Gasteiger partial charge in [-0.2, -0.15) is 0 Å². The van der Waals surface area contributed by atoms with Crippen LogP contribution >= 0.6 is 11.3 Å². The molecule has 0 radical (unpaired) electrons. The standard InChI is InChI=1S/C47H85NO6SSi3/c1-22-27-34(6)28-29-39(36(8)30-38-33-55-41(48-38)32-51-56(18,19)45(10,11)12)52-42(49)31-40(53-58(24-3,25-4)26-5)47(16,17)44(50)37(9)43(35(7)23-2)54-57(20,21)46(13,14)15/h22-23,28,30,33,35,37,39-40,43H,1-2,24-27,29,31-32H2,3-21H3/b34-28-,36-30+/t35-,37+,39?,40-,43-/m0/s1. The summed E-state index contributed by atoms with van der Waals surface area (Å²) in [5.41, 5.74) is 1.86. The predicted molar refractivity (Wildman–Crippen MR) is 257 cm³/mol. The first-order valence-electron chi connectivity index (χ1n) is 21.7. The van der Waals surface area contributed by atoms with E-state index in [1.54, 1.807) is 11.3 Å². The Morgan fingerprint density at radius 1 is 0.879 bits per heavy atom. The number of carbonyl (C=O) groups excluding carboxylic acids is 2. The van der Waals surface area contributed by atoms with Crippen LogP contribution in [0.4, 0.5) is 0 Å². The van der Waals surface area contributed by atoms with Crippen molar-refractivity contribution in [2.75, 3.05) is 0 Å². The fraction of sp³-hybridized carbons (Fsp3) is 0.723. The zero-order chi connectivity index (χ0) is 45.1. The molecule has 0 amide bonds. The Hall–Kier alpha value is -1.74. The molecule has 0 bridgehead atoms. The van der Waals surface area contributed by atoms with Crippen molar-refractivity contribution in [1.82, 2.24) is 4.98 Å². The molecule has 0 aromatic carbocycles. The van der Waals surface area contributed by atoms with Crippen LogP contribution in [0.5, 0.6) is 0 Å². The van der Waals surface area contributed by atoms with Gasteiger partial charge in [0.2, 0.25) is 0 Å². The molecule has 1 aromatic rings. The quantitative estimate of drug-likeness (QED) is 0.0549. The van der Waals surface area contributed by atoms with Gasteiger partial charge in [0.25, 0.3) is 0 Å². The second kappa shape index (κ2) is 22.4. The van der Waals surface area contributed by atoms with Crippen molar-refractivity contribution in [2.24, 2.45) is 17.3 Å². The van der Waals surface area contributed by atoms with Crippen LogP contribution in [0.2, 0.25) is 54.4 Å². The summed E-state index contributed by atoms with van der Waals surface area (Å²) in [7, 11) is -6.45. The van der Waals surface area contributed by atoms with Gasteiger partial charge in [0.05, 0.1) is 30.9 Å². The highest BCUT2D eigenvalue weighted by Crippen LogP contribution is 2.42. The van der Waals surface area contributed by atoms with E-state index in [0.29, 0.717) is 13.0 Å². The minimum atomic E-state index is -2.28. The van der Waals surface area contributed by atoms with Crippen molar-refractivity contribution < 1.29 is 27.6 Å². The lowest BCUT2D eigenvalue weighted by molar-refractivity contribution is -0.153. The first kappa shape index (κ1) is 54.3. The molecule has 332 valence electrons. The highest BCUT2D eigenvalue weighted by molar-refractivity contribution is 7.09. The number of allylic oxidation sites excluding steroid dienone is 2. The summed E-state index contributed by atoms with van der Waals surface area (Å²) < 4.78 is 27.0. The van der Waals surface area contributed by atoms with Crippen molar-refractivity contribution in [2.45, 2.75) is 202 Å². The van der Waals surface area contributed by atoms with Crippen molar-refractivity contribution >= 4 is 54.1 Å². The first-order chi connectivity index (χ1) is 26.5. The van der Waals surface area contributed by atoms with Gasteiger partial charge < -0.3 is 18.0 Å². The summed E-state index contributed by atoms with van der Waals surface area (Å²) in [6, 6.07) is 2.68. The average molecular weight is 877 g/mol. The molecular weight excluding hydrogens is 791 g/mol. The summed E-state index contributed by atoms with van der Waals surface area (Å²) in [5.74, 6) is -0.851. The minimum absolute atomic E-state index is 0.0291. The third-order valence-electron chi connectivity index (χ3n) is 13.4. The number of ketones is 1. The molecule has 58 heavy (non-hydrogen) atoms. The van der Waals surface area contributed by atoms with Crippen LogP contribution in [0.25, 0.3) is 6.08 Å². The van der Waals surface area contributed by atoms with Crippen LogP contribution in [0.3, 0.4) is 0 Å². The molecule has 0 aliphatic carbocycles. The lowest BCUT2D eigenvalue weighted by Gasteiger charge is -2.45. The molecule has 0 saturated carbocycles. The maximum Gasteiger partial charge on any atom is 0.309 e. The number of hydrogen-bond donors (Lipinski definition) is 0. The van der Waals surface area contributed by atoms with Crippen LogP contribution in [-0.4, -0.2) is 60.0 Å². The van der Waals surface area contributed by atoms with Gasteiger partial charge >= 0.3 is 5.97 Å². The lowest BCUT2D eigenvalue weighted by atomic mass is 9.73. The Balaban J connectivity index is 3.63. The molecule has 0 N–H and O–H groups in total. The van der Waals surface area contributed by atoms with E-state index < -0.39 is 48.5 Å². The first-order valence-corrected chi connectivity index (χ1v) is 31.0. The van der Waals surface area contributed by atoms with Crippen molar-refractivity contribution in [1.29, 1.82) is 0 Å². The summed E-state index contributed by atoms with van der Waals surface area (Å²) >= 11 is 1.58. The maximum absolute atomic E-state index is 14.9. The van der Waals surface area contributed by atoms with Crippen LogP contribution in [-0.2, 0) is 34.2 Å². The topological polar surface area (TPSA) is 84.0 Å². The normalized spacial score (nSPS) is 16.7. The lowest BCUT2D eigenvalue weighted by Crippen LogP contribution is -2.53. The van der Waals surface area contributed by atoms with Crippen LogP contribution < -0.4 is 0 Å². The predicted octanol–water partition coefficient (Wildman–Crippen LogP) is 14.1.